The van der Waals surface area contributed by atoms with Crippen LogP contribution in [-0.4, -0.2) is 14.8 Å². The van der Waals surface area contributed by atoms with Crippen LogP contribution in [0.2, 0.25) is 5.15 Å². The molecule has 0 saturated heterocycles. The highest BCUT2D eigenvalue weighted by Gasteiger charge is 2.12. The van der Waals surface area contributed by atoms with E-state index in [1.165, 1.54) is 5.56 Å². The van der Waals surface area contributed by atoms with Gasteiger partial charge in [-0.05, 0) is 37.6 Å². The number of hydrogen-bond donors (Lipinski definition) is 0. The number of fused-ring (bicyclic) bond motifs is 1. The average molecular weight is 364 g/mol. The summed E-state index contributed by atoms with van der Waals surface area (Å²) in [6, 6.07) is 16.1. The van der Waals surface area contributed by atoms with Crippen LogP contribution in [0.5, 0.6) is 0 Å². The predicted molar refractivity (Wildman–Crippen MR) is 105 cm³/mol. The van der Waals surface area contributed by atoms with E-state index in [4.69, 9.17) is 16.0 Å². The Bertz CT molecular complexity index is 1060. The van der Waals surface area contributed by atoms with Crippen LogP contribution in [0.3, 0.4) is 0 Å². The van der Waals surface area contributed by atoms with Gasteiger partial charge < -0.3 is 4.42 Å². The second-order valence-corrected chi connectivity index (χ2v) is 6.64. The Hall–Kier alpha value is -2.85. The highest BCUT2D eigenvalue weighted by Crippen LogP contribution is 2.24. The Morgan fingerprint density at radius 3 is 2.58 bits per heavy atom. The molecule has 0 unspecified atom stereocenters. The topological polar surface area (TPSA) is 43.9 Å². The summed E-state index contributed by atoms with van der Waals surface area (Å²) in [6.45, 7) is 4.66. The minimum atomic E-state index is 0.549. The van der Waals surface area contributed by atoms with Crippen LogP contribution in [0.1, 0.15) is 28.3 Å². The Morgan fingerprint density at radius 2 is 1.81 bits per heavy atom. The zero-order valence-electron chi connectivity index (χ0n) is 14.6. The number of aryl methyl sites for hydroxylation is 2. The van der Waals surface area contributed by atoms with Crippen LogP contribution in [0.25, 0.3) is 23.3 Å². The maximum Gasteiger partial charge on any atom is 0.220 e. The molecule has 0 fully saturated rings. The van der Waals surface area contributed by atoms with E-state index >= 15 is 0 Å². The number of nitrogens with zero attached hydrogens (tertiary/aromatic N) is 3. The van der Waals surface area contributed by atoms with Crippen molar-refractivity contribution in [3.05, 3.63) is 82.0 Å². The van der Waals surface area contributed by atoms with Gasteiger partial charge in [0.05, 0.1) is 12.2 Å². The lowest BCUT2D eigenvalue weighted by Crippen LogP contribution is -2.02. The Labute approximate surface area is 156 Å². The van der Waals surface area contributed by atoms with E-state index in [1.807, 2.05) is 48.0 Å². The van der Waals surface area contributed by atoms with E-state index in [0.29, 0.717) is 17.6 Å². The van der Waals surface area contributed by atoms with Crippen LogP contribution < -0.4 is 0 Å². The summed E-state index contributed by atoms with van der Waals surface area (Å²) in [4.78, 5) is 4.45. The molecule has 4 nitrogen and oxygen atoms in total. The van der Waals surface area contributed by atoms with Crippen molar-refractivity contribution in [2.24, 2.45) is 0 Å². The van der Waals surface area contributed by atoms with Gasteiger partial charge in [0.25, 0.3) is 0 Å². The Kier molecular flexibility index (Phi) is 4.35. The van der Waals surface area contributed by atoms with E-state index in [2.05, 4.69) is 41.3 Å². The summed E-state index contributed by atoms with van der Waals surface area (Å²) in [6.07, 6.45) is 3.73. The minimum absolute atomic E-state index is 0.549. The largest absolute Gasteiger partial charge is 0.437 e. The molecule has 0 spiro atoms. The number of hydrogen-bond acceptors (Lipinski definition) is 3. The summed E-state index contributed by atoms with van der Waals surface area (Å²) < 4.78 is 7.53. The monoisotopic (exact) mass is 363 g/mol. The Morgan fingerprint density at radius 1 is 1.04 bits per heavy atom. The van der Waals surface area contributed by atoms with Crippen molar-refractivity contribution < 1.29 is 4.42 Å². The molecule has 26 heavy (non-hydrogen) atoms. The summed E-state index contributed by atoms with van der Waals surface area (Å²) >= 11 is 6.55. The summed E-state index contributed by atoms with van der Waals surface area (Å²) in [5.41, 5.74) is 5.75. The summed E-state index contributed by atoms with van der Waals surface area (Å²) in [5.74, 6) is 0.549. The highest BCUT2D eigenvalue weighted by atomic mass is 35.5. The third-order valence-electron chi connectivity index (χ3n) is 4.27. The quantitative estimate of drug-likeness (QED) is 0.480. The first kappa shape index (κ1) is 16.6. The van der Waals surface area contributed by atoms with Gasteiger partial charge in [0.1, 0.15) is 10.7 Å². The van der Waals surface area contributed by atoms with Gasteiger partial charge in [-0.2, -0.15) is 5.10 Å². The van der Waals surface area contributed by atoms with Crippen molar-refractivity contribution in [3.63, 3.8) is 0 Å². The van der Waals surface area contributed by atoms with Crippen molar-refractivity contribution in [1.82, 2.24) is 14.8 Å². The lowest BCUT2D eigenvalue weighted by Gasteiger charge is -2.04. The molecule has 4 rings (SSSR count). The number of para-hydroxylation sites is 2. The van der Waals surface area contributed by atoms with E-state index < -0.39 is 0 Å². The fourth-order valence-electron chi connectivity index (χ4n) is 2.84. The molecular formula is C21H18ClN3O. The van der Waals surface area contributed by atoms with Gasteiger partial charge in [-0.15, -0.1) is 0 Å². The second kappa shape index (κ2) is 6.81. The fourth-order valence-corrected chi connectivity index (χ4v) is 3.14. The van der Waals surface area contributed by atoms with E-state index in [0.717, 1.165) is 27.9 Å². The molecule has 0 saturated carbocycles. The molecule has 2 aromatic heterocycles. The van der Waals surface area contributed by atoms with Gasteiger partial charge in [0, 0.05) is 11.6 Å². The van der Waals surface area contributed by atoms with E-state index in [-0.39, 0.29) is 0 Å². The number of rotatable bonds is 4. The van der Waals surface area contributed by atoms with E-state index in [9.17, 15) is 0 Å². The van der Waals surface area contributed by atoms with Crippen molar-refractivity contribution >= 4 is 34.9 Å². The number of halogens is 1. The zero-order chi connectivity index (χ0) is 18.1. The van der Waals surface area contributed by atoms with Crippen LogP contribution >= 0.6 is 11.6 Å². The SMILES string of the molecule is Cc1ccc(Cn2nc(C)c(/C=C/c3nc4ccccc4o3)c2Cl)cc1. The van der Waals surface area contributed by atoms with Gasteiger partial charge in [-0.1, -0.05) is 53.6 Å². The van der Waals surface area contributed by atoms with E-state index in [1.54, 1.807) is 0 Å². The first-order valence-corrected chi connectivity index (χ1v) is 8.80. The van der Waals surface area contributed by atoms with Crippen LogP contribution in [0.15, 0.2) is 52.9 Å². The minimum Gasteiger partial charge on any atom is -0.437 e. The molecule has 0 aliphatic rings. The maximum atomic E-state index is 6.55. The van der Waals surface area contributed by atoms with Crippen molar-refractivity contribution in [1.29, 1.82) is 0 Å². The number of oxazole rings is 1. The van der Waals surface area contributed by atoms with Gasteiger partial charge in [0.2, 0.25) is 5.89 Å². The van der Waals surface area contributed by atoms with Crippen molar-refractivity contribution in [2.45, 2.75) is 20.4 Å². The fraction of sp³-hybridized carbons (Fsp3) is 0.143. The third-order valence-corrected chi connectivity index (χ3v) is 4.66. The molecule has 0 aliphatic carbocycles. The third kappa shape index (κ3) is 3.28. The molecule has 0 amide bonds. The zero-order valence-corrected chi connectivity index (χ0v) is 15.4. The Balaban J connectivity index is 1.60. The van der Waals surface area contributed by atoms with Gasteiger partial charge in [-0.3, -0.25) is 0 Å². The molecule has 0 N–H and O–H groups in total. The smallest absolute Gasteiger partial charge is 0.220 e. The van der Waals surface area contributed by atoms with Gasteiger partial charge in [-0.25, -0.2) is 9.67 Å². The lowest BCUT2D eigenvalue weighted by molar-refractivity contribution is 0.589. The first-order valence-electron chi connectivity index (χ1n) is 8.42. The van der Waals surface area contributed by atoms with Gasteiger partial charge in [0.15, 0.2) is 5.58 Å². The molecule has 0 radical (unpaired) electrons. The molecule has 5 heteroatoms. The molecule has 2 aromatic carbocycles. The average Bonchev–Trinajstić information content (AvgIpc) is 3.16. The molecule has 2 heterocycles. The lowest BCUT2D eigenvalue weighted by atomic mass is 10.1. The van der Waals surface area contributed by atoms with Crippen molar-refractivity contribution in [2.75, 3.05) is 0 Å². The molecule has 0 aliphatic heterocycles. The highest BCUT2D eigenvalue weighted by molar-refractivity contribution is 6.31. The molecule has 0 bridgehead atoms. The maximum absolute atomic E-state index is 6.55. The molecular weight excluding hydrogens is 346 g/mol. The molecule has 4 aromatic rings. The van der Waals surface area contributed by atoms with Crippen molar-refractivity contribution in [3.8, 4) is 0 Å². The van der Waals surface area contributed by atoms with Crippen LogP contribution in [0.4, 0.5) is 0 Å². The molecule has 130 valence electrons. The van der Waals surface area contributed by atoms with Crippen LogP contribution in [0, 0.1) is 13.8 Å². The molecule has 0 atom stereocenters. The van der Waals surface area contributed by atoms with Crippen LogP contribution in [-0.2, 0) is 6.54 Å². The predicted octanol–water partition coefficient (Wildman–Crippen LogP) is 5.51. The first-order chi connectivity index (χ1) is 12.6. The normalized spacial score (nSPS) is 11.7. The summed E-state index contributed by atoms with van der Waals surface area (Å²) in [5, 5.41) is 5.17. The standard InChI is InChI=1S/C21H18ClN3O/c1-14-7-9-16(10-8-14)13-25-21(22)17(15(2)24-25)11-12-20-23-18-5-3-4-6-19(18)26-20/h3-12H,13H2,1-2H3/b12-11+. The second-order valence-electron chi connectivity index (χ2n) is 6.29. The van der Waals surface area contributed by atoms with Gasteiger partial charge >= 0.3 is 0 Å². The number of aromatic nitrogens is 3. The summed E-state index contributed by atoms with van der Waals surface area (Å²) in [7, 11) is 0. The number of benzene rings is 2.